The van der Waals surface area contributed by atoms with Gasteiger partial charge in [-0.25, -0.2) is 4.39 Å². The molecule has 0 saturated carbocycles. The molecule has 0 radical (unpaired) electrons. The zero-order valence-corrected chi connectivity index (χ0v) is 8.80. The van der Waals surface area contributed by atoms with Gasteiger partial charge in [0.15, 0.2) is 5.82 Å². The van der Waals surface area contributed by atoms with E-state index in [0.29, 0.717) is 4.47 Å². The highest BCUT2D eigenvalue weighted by Crippen LogP contribution is 2.18. The van der Waals surface area contributed by atoms with Gasteiger partial charge in [-0.2, -0.15) is 0 Å². The molecule has 5 heteroatoms. The highest BCUT2D eigenvalue weighted by Gasteiger charge is 2.17. The summed E-state index contributed by atoms with van der Waals surface area (Å²) in [6, 6.07) is 0. The number of halogens is 2. The SMILES string of the molecule is CN(C)C(=O)c1c(F)cncc1Br. The molecule has 0 aromatic carbocycles. The normalized spacial score (nSPS) is 9.85. The summed E-state index contributed by atoms with van der Waals surface area (Å²) in [6.07, 6.45) is 2.40. The summed E-state index contributed by atoms with van der Waals surface area (Å²) in [5.41, 5.74) is 0.0139. The number of rotatable bonds is 1. The van der Waals surface area contributed by atoms with Crippen LogP contribution in [0, 0.1) is 5.82 Å². The molecule has 0 spiro atoms. The van der Waals surface area contributed by atoms with Crippen molar-refractivity contribution in [2.75, 3.05) is 14.1 Å². The van der Waals surface area contributed by atoms with E-state index in [0.717, 1.165) is 6.20 Å². The predicted octanol–water partition coefficient (Wildman–Crippen LogP) is 1.69. The molecule has 70 valence electrons. The molecule has 0 aliphatic heterocycles. The van der Waals surface area contributed by atoms with Crippen LogP contribution in [0.25, 0.3) is 0 Å². The summed E-state index contributed by atoms with van der Waals surface area (Å²) in [5, 5.41) is 0. The van der Waals surface area contributed by atoms with E-state index in [4.69, 9.17) is 0 Å². The fourth-order valence-electron chi connectivity index (χ4n) is 0.839. The largest absolute Gasteiger partial charge is 0.345 e. The van der Waals surface area contributed by atoms with E-state index < -0.39 is 5.82 Å². The molecule has 0 saturated heterocycles. The van der Waals surface area contributed by atoms with E-state index in [1.807, 2.05) is 0 Å². The maximum absolute atomic E-state index is 13.1. The van der Waals surface area contributed by atoms with Gasteiger partial charge in [-0.15, -0.1) is 0 Å². The molecule has 0 aliphatic carbocycles. The Morgan fingerprint density at radius 2 is 2.15 bits per heavy atom. The molecule has 0 atom stereocenters. The molecule has 1 amide bonds. The van der Waals surface area contributed by atoms with Gasteiger partial charge >= 0.3 is 0 Å². The van der Waals surface area contributed by atoms with Crippen molar-refractivity contribution < 1.29 is 9.18 Å². The Labute approximate surface area is 83.7 Å². The Morgan fingerprint density at radius 3 is 2.62 bits per heavy atom. The van der Waals surface area contributed by atoms with Gasteiger partial charge in [-0.1, -0.05) is 0 Å². The van der Waals surface area contributed by atoms with Crippen LogP contribution in [0.2, 0.25) is 0 Å². The molecular formula is C8H8BrFN2O. The minimum atomic E-state index is -0.618. The summed E-state index contributed by atoms with van der Waals surface area (Å²) >= 11 is 3.07. The monoisotopic (exact) mass is 246 g/mol. The van der Waals surface area contributed by atoms with Gasteiger partial charge < -0.3 is 4.90 Å². The third-order valence-electron chi connectivity index (χ3n) is 1.47. The van der Waals surface area contributed by atoms with Crippen molar-refractivity contribution in [1.29, 1.82) is 0 Å². The quantitative estimate of drug-likeness (QED) is 0.756. The van der Waals surface area contributed by atoms with Gasteiger partial charge in [-0.05, 0) is 15.9 Å². The number of carbonyl (C=O) groups is 1. The van der Waals surface area contributed by atoms with E-state index in [1.54, 1.807) is 14.1 Å². The van der Waals surface area contributed by atoms with Crippen LogP contribution in [-0.2, 0) is 0 Å². The summed E-state index contributed by atoms with van der Waals surface area (Å²) < 4.78 is 13.5. The van der Waals surface area contributed by atoms with Crippen molar-refractivity contribution >= 4 is 21.8 Å². The van der Waals surface area contributed by atoms with Gasteiger partial charge in [0.2, 0.25) is 0 Å². The van der Waals surface area contributed by atoms with Gasteiger partial charge in [0.25, 0.3) is 5.91 Å². The fourth-order valence-corrected chi connectivity index (χ4v) is 1.32. The number of pyridine rings is 1. The molecule has 1 aromatic rings. The topological polar surface area (TPSA) is 33.2 Å². The number of amides is 1. The minimum Gasteiger partial charge on any atom is -0.345 e. The first-order chi connectivity index (χ1) is 6.04. The van der Waals surface area contributed by atoms with Crippen LogP contribution in [0.15, 0.2) is 16.9 Å². The van der Waals surface area contributed by atoms with E-state index in [-0.39, 0.29) is 11.5 Å². The molecule has 0 fully saturated rings. The summed E-state index contributed by atoms with van der Waals surface area (Å²) in [7, 11) is 3.13. The standard InChI is InChI=1S/C8H8BrFN2O/c1-12(2)8(13)7-5(9)3-11-4-6(7)10/h3-4H,1-2H3. The first kappa shape index (κ1) is 10.1. The van der Waals surface area contributed by atoms with Crippen LogP contribution in [-0.4, -0.2) is 29.9 Å². The predicted molar refractivity (Wildman–Crippen MR) is 49.9 cm³/mol. The zero-order valence-electron chi connectivity index (χ0n) is 7.21. The van der Waals surface area contributed by atoms with Gasteiger partial charge in [0.1, 0.15) is 0 Å². The lowest BCUT2D eigenvalue weighted by Gasteiger charge is -2.11. The Bertz CT molecular complexity index is 321. The molecule has 0 unspecified atom stereocenters. The van der Waals surface area contributed by atoms with Crippen LogP contribution < -0.4 is 0 Å². The van der Waals surface area contributed by atoms with Crippen molar-refractivity contribution in [2.45, 2.75) is 0 Å². The van der Waals surface area contributed by atoms with E-state index in [9.17, 15) is 9.18 Å². The highest BCUT2D eigenvalue weighted by molar-refractivity contribution is 9.10. The van der Waals surface area contributed by atoms with Crippen LogP contribution in [0.1, 0.15) is 10.4 Å². The Kier molecular flexibility index (Phi) is 2.98. The van der Waals surface area contributed by atoms with E-state index in [1.165, 1.54) is 11.1 Å². The average molecular weight is 247 g/mol. The summed E-state index contributed by atoms with van der Waals surface area (Å²) in [6.45, 7) is 0. The highest BCUT2D eigenvalue weighted by atomic mass is 79.9. The Morgan fingerprint density at radius 1 is 1.54 bits per heavy atom. The van der Waals surface area contributed by atoms with Gasteiger partial charge in [-0.3, -0.25) is 9.78 Å². The molecule has 1 aromatic heterocycles. The lowest BCUT2D eigenvalue weighted by atomic mass is 10.2. The number of hydrogen-bond donors (Lipinski definition) is 0. The number of hydrogen-bond acceptors (Lipinski definition) is 2. The maximum atomic E-state index is 13.1. The molecular weight excluding hydrogens is 239 g/mol. The van der Waals surface area contributed by atoms with Gasteiger partial charge in [0, 0.05) is 20.3 Å². The lowest BCUT2D eigenvalue weighted by molar-refractivity contribution is 0.0822. The van der Waals surface area contributed by atoms with Crippen molar-refractivity contribution in [3.05, 3.63) is 28.2 Å². The van der Waals surface area contributed by atoms with Crippen LogP contribution in [0.4, 0.5) is 4.39 Å². The number of aromatic nitrogens is 1. The second kappa shape index (κ2) is 3.83. The molecule has 0 bridgehead atoms. The van der Waals surface area contributed by atoms with Gasteiger partial charge in [0.05, 0.1) is 16.2 Å². The van der Waals surface area contributed by atoms with Crippen molar-refractivity contribution in [2.24, 2.45) is 0 Å². The fraction of sp³-hybridized carbons (Fsp3) is 0.250. The zero-order chi connectivity index (χ0) is 10.0. The third-order valence-corrected chi connectivity index (χ3v) is 2.07. The lowest BCUT2D eigenvalue weighted by Crippen LogP contribution is -2.23. The Balaban J connectivity index is 3.20. The molecule has 0 aliphatic rings. The Hall–Kier alpha value is -0.970. The smallest absolute Gasteiger partial charge is 0.257 e. The maximum Gasteiger partial charge on any atom is 0.257 e. The second-order valence-corrected chi connectivity index (χ2v) is 3.53. The number of carbonyl (C=O) groups excluding carboxylic acids is 1. The molecule has 1 heterocycles. The third kappa shape index (κ3) is 2.03. The van der Waals surface area contributed by atoms with Crippen LogP contribution >= 0.6 is 15.9 Å². The van der Waals surface area contributed by atoms with E-state index in [2.05, 4.69) is 20.9 Å². The molecule has 0 N–H and O–H groups in total. The minimum absolute atomic E-state index is 0.0139. The van der Waals surface area contributed by atoms with Crippen LogP contribution in [0.3, 0.4) is 0 Å². The first-order valence-corrected chi connectivity index (χ1v) is 4.34. The molecule has 13 heavy (non-hydrogen) atoms. The first-order valence-electron chi connectivity index (χ1n) is 3.54. The average Bonchev–Trinajstić information content (AvgIpc) is 2.03. The van der Waals surface area contributed by atoms with E-state index >= 15 is 0 Å². The summed E-state index contributed by atoms with van der Waals surface area (Å²) in [4.78, 5) is 16.3. The number of nitrogens with zero attached hydrogens (tertiary/aromatic N) is 2. The molecule has 1 rings (SSSR count). The van der Waals surface area contributed by atoms with Crippen molar-refractivity contribution in [3.63, 3.8) is 0 Å². The van der Waals surface area contributed by atoms with Crippen molar-refractivity contribution in [3.8, 4) is 0 Å². The molecule has 3 nitrogen and oxygen atoms in total. The van der Waals surface area contributed by atoms with Crippen molar-refractivity contribution in [1.82, 2.24) is 9.88 Å². The summed E-state index contributed by atoms with van der Waals surface area (Å²) in [5.74, 6) is -1.00. The second-order valence-electron chi connectivity index (χ2n) is 2.68. The van der Waals surface area contributed by atoms with Crippen LogP contribution in [0.5, 0.6) is 0 Å².